The minimum Gasteiger partial charge on any atom is -0.483 e. The van der Waals surface area contributed by atoms with Crippen LogP contribution in [0.15, 0.2) is 42.5 Å². The molecule has 5 heteroatoms. The lowest BCUT2D eigenvalue weighted by Crippen LogP contribution is -2.54. The number of ether oxygens (including phenoxy) is 1. The Morgan fingerprint density at radius 2 is 1.72 bits per heavy atom. The molecule has 1 N–H and O–H groups in total. The molecule has 2 aromatic carbocycles. The van der Waals surface area contributed by atoms with Crippen molar-refractivity contribution in [3.63, 3.8) is 0 Å². The molecule has 2 aromatic rings. The fourth-order valence-electron chi connectivity index (χ4n) is 3.72. The minimum absolute atomic E-state index is 0.0994. The van der Waals surface area contributed by atoms with E-state index in [2.05, 4.69) is 11.4 Å². The topological polar surface area (TPSA) is 58.6 Å². The van der Waals surface area contributed by atoms with Crippen LogP contribution in [0.25, 0.3) is 0 Å². The summed E-state index contributed by atoms with van der Waals surface area (Å²) < 4.78 is 5.95. The molecule has 2 amide bonds. The van der Waals surface area contributed by atoms with Crippen molar-refractivity contribution < 1.29 is 14.3 Å². The third-order valence-corrected chi connectivity index (χ3v) is 5.48. The fraction of sp³-hybridized carbons (Fsp3) is 0.481. The lowest BCUT2D eigenvalue weighted by Gasteiger charge is -2.33. The molecule has 2 rings (SSSR count). The largest absolute Gasteiger partial charge is 0.483 e. The van der Waals surface area contributed by atoms with Gasteiger partial charge in [-0.3, -0.25) is 9.59 Å². The van der Waals surface area contributed by atoms with Crippen LogP contribution in [-0.4, -0.2) is 41.4 Å². The van der Waals surface area contributed by atoms with Gasteiger partial charge in [0.2, 0.25) is 5.91 Å². The predicted octanol–water partition coefficient (Wildman–Crippen LogP) is 4.76. The molecule has 0 aliphatic heterocycles. The predicted molar refractivity (Wildman–Crippen MR) is 130 cm³/mol. The Labute approximate surface area is 193 Å². The van der Waals surface area contributed by atoms with Gasteiger partial charge in [0.05, 0.1) is 0 Å². The number of rotatable bonds is 9. The maximum absolute atomic E-state index is 13.3. The number of benzene rings is 2. The van der Waals surface area contributed by atoms with Gasteiger partial charge in [-0.05, 0) is 82.7 Å². The van der Waals surface area contributed by atoms with Crippen LogP contribution in [0, 0.1) is 20.8 Å². The number of carbonyl (C=O) groups excluding carboxylic acids is 2. The van der Waals surface area contributed by atoms with Crippen LogP contribution in [0.5, 0.6) is 5.75 Å². The van der Waals surface area contributed by atoms with E-state index in [-0.39, 0.29) is 24.0 Å². The molecule has 32 heavy (non-hydrogen) atoms. The highest BCUT2D eigenvalue weighted by Crippen LogP contribution is 2.23. The summed E-state index contributed by atoms with van der Waals surface area (Å²) in [6.07, 6.45) is 1.21. The molecule has 0 saturated carbocycles. The van der Waals surface area contributed by atoms with Crippen LogP contribution in [0.2, 0.25) is 0 Å². The quantitative estimate of drug-likeness (QED) is 0.614. The summed E-state index contributed by atoms with van der Waals surface area (Å²) in [7, 11) is 0. The van der Waals surface area contributed by atoms with Gasteiger partial charge in [-0.2, -0.15) is 0 Å². The number of nitrogens with one attached hydrogen (secondary N) is 1. The number of nitrogens with zero attached hydrogens (tertiary/aromatic N) is 1. The SMILES string of the molecule is CC[C@@H](C(=O)NC(C)(C)C)N(CCc1ccccc1)C(=O)COc1cc(C)cc(C)c1C. The highest BCUT2D eigenvalue weighted by Gasteiger charge is 2.30. The number of aryl methyl sites for hydroxylation is 2. The smallest absolute Gasteiger partial charge is 0.261 e. The average Bonchev–Trinajstić information content (AvgIpc) is 2.71. The average molecular weight is 439 g/mol. The van der Waals surface area contributed by atoms with Gasteiger partial charge in [0.1, 0.15) is 11.8 Å². The molecule has 1 atom stereocenters. The molecule has 0 unspecified atom stereocenters. The molecule has 0 aliphatic carbocycles. The van der Waals surface area contributed by atoms with E-state index in [1.165, 1.54) is 0 Å². The molecule has 0 spiro atoms. The first-order chi connectivity index (χ1) is 15.0. The molecular weight excluding hydrogens is 400 g/mol. The van der Waals surface area contributed by atoms with Crippen LogP contribution < -0.4 is 10.1 Å². The van der Waals surface area contributed by atoms with Crippen LogP contribution in [0.1, 0.15) is 56.4 Å². The summed E-state index contributed by atoms with van der Waals surface area (Å²) in [6.45, 7) is 14.2. The maximum Gasteiger partial charge on any atom is 0.261 e. The van der Waals surface area contributed by atoms with Gasteiger partial charge in [0.25, 0.3) is 5.91 Å². The van der Waals surface area contributed by atoms with Crippen molar-refractivity contribution in [2.75, 3.05) is 13.2 Å². The van der Waals surface area contributed by atoms with Crippen molar-refractivity contribution in [3.05, 3.63) is 64.7 Å². The Balaban J connectivity index is 2.21. The Morgan fingerprint density at radius 3 is 2.31 bits per heavy atom. The fourth-order valence-corrected chi connectivity index (χ4v) is 3.72. The summed E-state index contributed by atoms with van der Waals surface area (Å²) in [5.41, 5.74) is 4.00. The summed E-state index contributed by atoms with van der Waals surface area (Å²) in [6, 6.07) is 13.5. The second kappa shape index (κ2) is 11.2. The highest BCUT2D eigenvalue weighted by molar-refractivity contribution is 5.88. The zero-order valence-electron chi connectivity index (χ0n) is 20.6. The van der Waals surface area contributed by atoms with Gasteiger partial charge in [-0.1, -0.05) is 43.3 Å². The Kier molecular flexibility index (Phi) is 8.88. The summed E-state index contributed by atoms with van der Waals surface area (Å²) >= 11 is 0. The van der Waals surface area contributed by atoms with E-state index in [4.69, 9.17) is 4.74 Å². The standard InChI is InChI=1S/C27H38N2O3/c1-8-23(26(31)28-27(5,6)7)29(15-14-22-12-10-9-11-13-22)25(30)18-32-24-17-19(2)16-20(3)21(24)4/h9-13,16-17,23H,8,14-15,18H2,1-7H3,(H,28,31)/t23-/m0/s1. The third-order valence-electron chi connectivity index (χ3n) is 5.48. The number of carbonyl (C=O) groups is 2. The van der Waals surface area contributed by atoms with E-state index in [0.717, 1.165) is 22.3 Å². The molecule has 174 valence electrons. The van der Waals surface area contributed by atoms with Crippen LogP contribution >= 0.6 is 0 Å². The molecule has 0 saturated heterocycles. The van der Waals surface area contributed by atoms with E-state index < -0.39 is 6.04 Å². The zero-order valence-corrected chi connectivity index (χ0v) is 20.6. The summed E-state index contributed by atoms with van der Waals surface area (Å²) in [5, 5.41) is 3.03. The van der Waals surface area contributed by atoms with Crippen molar-refractivity contribution >= 4 is 11.8 Å². The molecule has 0 fully saturated rings. The zero-order chi connectivity index (χ0) is 23.9. The highest BCUT2D eigenvalue weighted by atomic mass is 16.5. The first-order valence-corrected chi connectivity index (χ1v) is 11.4. The van der Waals surface area contributed by atoms with E-state index in [9.17, 15) is 9.59 Å². The monoisotopic (exact) mass is 438 g/mol. The second-order valence-electron chi connectivity index (χ2n) is 9.48. The molecular formula is C27H38N2O3. The van der Waals surface area contributed by atoms with Gasteiger partial charge >= 0.3 is 0 Å². The van der Waals surface area contributed by atoms with Crippen LogP contribution in [-0.2, 0) is 16.0 Å². The van der Waals surface area contributed by atoms with Crippen LogP contribution in [0.4, 0.5) is 0 Å². The van der Waals surface area contributed by atoms with Crippen LogP contribution in [0.3, 0.4) is 0 Å². The van der Waals surface area contributed by atoms with Crippen molar-refractivity contribution in [2.45, 2.75) is 72.9 Å². The summed E-state index contributed by atoms with van der Waals surface area (Å²) in [5.74, 6) is 0.394. The number of hydrogen-bond donors (Lipinski definition) is 1. The third kappa shape index (κ3) is 7.40. The maximum atomic E-state index is 13.3. The Morgan fingerprint density at radius 1 is 1.06 bits per heavy atom. The van der Waals surface area contributed by atoms with Gasteiger partial charge in [-0.25, -0.2) is 0 Å². The molecule has 0 aliphatic rings. The summed E-state index contributed by atoms with van der Waals surface area (Å²) in [4.78, 5) is 28.0. The Bertz CT molecular complexity index is 916. The number of hydrogen-bond acceptors (Lipinski definition) is 3. The number of amides is 2. The normalized spacial score (nSPS) is 12.2. The van der Waals surface area contributed by atoms with Crippen molar-refractivity contribution in [2.24, 2.45) is 0 Å². The van der Waals surface area contributed by atoms with Gasteiger partial charge in [-0.15, -0.1) is 0 Å². The molecule has 0 heterocycles. The van der Waals surface area contributed by atoms with E-state index >= 15 is 0 Å². The van der Waals surface area contributed by atoms with E-state index in [0.29, 0.717) is 25.1 Å². The molecule has 5 nitrogen and oxygen atoms in total. The second-order valence-corrected chi connectivity index (χ2v) is 9.48. The van der Waals surface area contributed by atoms with Crippen molar-refractivity contribution in [1.29, 1.82) is 0 Å². The van der Waals surface area contributed by atoms with E-state index in [1.54, 1.807) is 4.90 Å². The first-order valence-electron chi connectivity index (χ1n) is 11.4. The van der Waals surface area contributed by atoms with Gasteiger partial charge < -0.3 is 15.0 Å². The Hall–Kier alpha value is -2.82. The van der Waals surface area contributed by atoms with Crippen molar-refractivity contribution in [3.8, 4) is 5.75 Å². The minimum atomic E-state index is -0.547. The lowest BCUT2D eigenvalue weighted by atomic mass is 10.1. The molecule has 0 aromatic heterocycles. The molecule has 0 radical (unpaired) electrons. The van der Waals surface area contributed by atoms with Gasteiger partial charge in [0.15, 0.2) is 6.61 Å². The lowest BCUT2D eigenvalue weighted by molar-refractivity contribution is -0.142. The van der Waals surface area contributed by atoms with Gasteiger partial charge in [0, 0.05) is 12.1 Å². The van der Waals surface area contributed by atoms with Crippen molar-refractivity contribution in [1.82, 2.24) is 10.2 Å². The first kappa shape index (κ1) is 25.4. The molecule has 0 bridgehead atoms. The van der Waals surface area contributed by atoms with E-state index in [1.807, 2.05) is 84.9 Å².